The van der Waals surface area contributed by atoms with Gasteiger partial charge in [0.15, 0.2) is 0 Å². The van der Waals surface area contributed by atoms with Crippen molar-refractivity contribution in [2.75, 3.05) is 30.9 Å². The molecule has 2 aliphatic rings. The Labute approximate surface area is 251 Å². The maximum absolute atomic E-state index is 13.6. The van der Waals surface area contributed by atoms with E-state index in [1.807, 2.05) is 0 Å². The van der Waals surface area contributed by atoms with Crippen molar-refractivity contribution < 1.29 is 47.2 Å². The number of carboxylic acids is 1. The van der Waals surface area contributed by atoms with Gasteiger partial charge in [0, 0.05) is 19.6 Å². The zero-order valence-electron chi connectivity index (χ0n) is 23.1. The second-order valence-electron chi connectivity index (χ2n) is 9.97. The molecule has 1 unspecified atom stereocenters. The normalized spacial score (nSPS) is 17.3. The van der Waals surface area contributed by atoms with E-state index in [0.29, 0.717) is 23.4 Å². The van der Waals surface area contributed by atoms with Crippen LogP contribution >= 0.6 is 0 Å². The first kappa shape index (κ1) is 32.2. The number of nitrogens with one attached hydrogen (secondary N) is 3. The Balaban J connectivity index is 1.59. The summed E-state index contributed by atoms with van der Waals surface area (Å²) in [5.74, 6) is -5.38. The Kier molecular flexibility index (Phi) is 9.73. The van der Waals surface area contributed by atoms with E-state index in [-0.39, 0.29) is 48.6 Å². The van der Waals surface area contributed by atoms with E-state index in [1.54, 1.807) is 6.07 Å². The van der Waals surface area contributed by atoms with E-state index in [1.165, 1.54) is 41.3 Å². The lowest BCUT2D eigenvalue weighted by molar-refractivity contribution is -0.153. The second kappa shape index (κ2) is 13.3. The summed E-state index contributed by atoms with van der Waals surface area (Å²) in [5.41, 5.74) is 5.68. The van der Waals surface area contributed by atoms with E-state index < -0.39 is 59.0 Å². The van der Waals surface area contributed by atoms with Crippen LogP contribution in [0, 0.1) is 0 Å². The highest BCUT2D eigenvalue weighted by Crippen LogP contribution is 2.30. The Bertz CT molecular complexity index is 1590. The summed E-state index contributed by atoms with van der Waals surface area (Å²) in [5, 5.41) is 30.1. The number of carbonyl (C=O) groups excluding carboxylic acids is 4. The predicted molar refractivity (Wildman–Crippen MR) is 154 cm³/mol. The number of hydrogen-bond donors (Lipinski definition) is 7. The number of aromatic carboxylic acids is 1. The van der Waals surface area contributed by atoms with Gasteiger partial charge in [0.25, 0.3) is 10.2 Å². The molecule has 0 saturated carbocycles. The molecule has 2 aromatic carbocycles. The van der Waals surface area contributed by atoms with Crippen LogP contribution in [0.4, 0.5) is 10.5 Å². The highest BCUT2D eigenvalue weighted by atomic mass is 32.2. The van der Waals surface area contributed by atoms with Gasteiger partial charge < -0.3 is 36.1 Å². The van der Waals surface area contributed by atoms with Gasteiger partial charge in [-0.15, -0.1) is 0 Å². The number of carboxylic acid groups (broad SMARTS) is 1. The van der Waals surface area contributed by atoms with Gasteiger partial charge in [0.05, 0.1) is 17.2 Å². The number of hydrogen-bond acceptors (Lipinski definition) is 10. The van der Waals surface area contributed by atoms with Crippen molar-refractivity contribution in [2.24, 2.45) is 10.9 Å². The third-order valence-corrected chi connectivity index (χ3v) is 7.39. The number of anilines is 1. The molecule has 5 amide bonds. The summed E-state index contributed by atoms with van der Waals surface area (Å²) in [6, 6.07) is 6.99. The van der Waals surface area contributed by atoms with Crippen molar-refractivity contribution in [3.8, 4) is 5.75 Å². The number of imide groups is 1. The number of urea groups is 1. The molecule has 2 aromatic rings. The Hall–Kier alpha value is -4.72. The molecule has 0 spiro atoms. The average molecular weight is 631 g/mol. The van der Waals surface area contributed by atoms with Gasteiger partial charge in [0.2, 0.25) is 5.91 Å². The van der Waals surface area contributed by atoms with Gasteiger partial charge in [-0.2, -0.15) is 8.42 Å². The molecular weight excluding hydrogens is 601 g/mol. The topological polar surface area (TPSA) is 264 Å². The van der Waals surface area contributed by atoms with Crippen LogP contribution in [-0.4, -0.2) is 97.3 Å². The lowest BCUT2D eigenvalue weighted by atomic mass is 9.72. The molecule has 19 heteroatoms. The summed E-state index contributed by atoms with van der Waals surface area (Å²) in [7, 11) is -5.89. The predicted octanol–water partition coefficient (Wildman–Crippen LogP) is -2.09. The molecule has 1 saturated heterocycles. The summed E-state index contributed by atoms with van der Waals surface area (Å²) < 4.78 is 30.6. The number of fused-ring (bicyclic) bond motifs is 1. The highest BCUT2D eigenvalue weighted by Gasteiger charge is 2.41. The lowest BCUT2D eigenvalue weighted by Crippen LogP contribution is -2.60. The summed E-state index contributed by atoms with van der Waals surface area (Å²) in [6.07, 6.45) is 0.407. The van der Waals surface area contributed by atoms with E-state index >= 15 is 0 Å². The zero-order chi connectivity index (χ0) is 32.2. The van der Waals surface area contributed by atoms with Crippen molar-refractivity contribution in [2.45, 2.75) is 24.8 Å². The third kappa shape index (κ3) is 7.43. The maximum Gasteiger partial charge on any atom is 0.547 e. The van der Waals surface area contributed by atoms with Gasteiger partial charge in [-0.3, -0.25) is 24.0 Å². The van der Waals surface area contributed by atoms with Crippen LogP contribution in [0.15, 0.2) is 42.5 Å². The quantitative estimate of drug-likeness (QED) is 0.110. The van der Waals surface area contributed by atoms with Crippen LogP contribution in [0.1, 0.15) is 33.9 Å². The number of para-hydroxylation sites is 1. The van der Waals surface area contributed by atoms with Crippen LogP contribution in [0.3, 0.4) is 0 Å². The Morgan fingerprint density at radius 1 is 1.11 bits per heavy atom. The minimum atomic E-state index is -4.21. The molecule has 2 atom stereocenters. The Morgan fingerprint density at radius 2 is 1.84 bits per heavy atom. The lowest BCUT2D eigenvalue weighted by Gasteiger charge is -2.34. The first-order valence-corrected chi connectivity index (χ1v) is 14.9. The van der Waals surface area contributed by atoms with Crippen LogP contribution < -0.4 is 30.9 Å². The van der Waals surface area contributed by atoms with Crippen LogP contribution in [-0.2, 0) is 31.0 Å². The summed E-state index contributed by atoms with van der Waals surface area (Å²) in [4.78, 5) is 65.7. The minimum absolute atomic E-state index is 0.0460. The van der Waals surface area contributed by atoms with Crippen molar-refractivity contribution in [3.63, 3.8) is 0 Å². The number of benzene rings is 2. The van der Waals surface area contributed by atoms with Gasteiger partial charge >= 0.3 is 30.9 Å². The smallest absolute Gasteiger partial charge is 0.534 e. The maximum atomic E-state index is 13.6. The molecule has 17 nitrogen and oxygen atoms in total. The van der Waals surface area contributed by atoms with Crippen LogP contribution in [0.5, 0.6) is 5.75 Å². The fourth-order valence-electron chi connectivity index (χ4n) is 4.79. The standard InChI is InChI=1S/C25H30BN7O10S/c27-8-3-9-32-10-11-33(23(36)22(32)35)25(39)30-19(14-4-1-6-16(12-14)31-44(28,41)42)21(34)29-18-13-15-5-2-7-17(24(37)38)20(15)43-26(18)40/h1-2,4-7,12,18-19,31,40H,3,8-11,13,27H2,(H,29,34)(H,30,39)(H,37,38)(H2,28,41,42)/t18-,19?/m0/s1. The van der Waals surface area contributed by atoms with Crippen molar-refractivity contribution in [1.82, 2.24) is 20.4 Å². The number of nitrogens with two attached hydrogens (primary N) is 2. The number of carbonyl (C=O) groups is 5. The van der Waals surface area contributed by atoms with E-state index in [0.717, 1.165) is 0 Å². The third-order valence-electron chi connectivity index (χ3n) is 6.87. The molecule has 0 aliphatic carbocycles. The van der Waals surface area contributed by atoms with Gasteiger partial charge in [-0.25, -0.2) is 14.7 Å². The molecule has 2 aliphatic heterocycles. The first-order valence-electron chi connectivity index (χ1n) is 13.3. The number of rotatable bonds is 10. The van der Waals surface area contributed by atoms with Crippen LogP contribution in [0.25, 0.3) is 0 Å². The molecule has 2 heterocycles. The van der Waals surface area contributed by atoms with Crippen molar-refractivity contribution >= 4 is 52.7 Å². The molecule has 1 fully saturated rings. The summed E-state index contributed by atoms with van der Waals surface area (Å²) in [6.45, 7) is 0.409. The molecule has 234 valence electrons. The monoisotopic (exact) mass is 631 g/mol. The van der Waals surface area contributed by atoms with Gasteiger partial charge in [-0.05, 0) is 48.7 Å². The fourth-order valence-corrected chi connectivity index (χ4v) is 5.25. The molecule has 0 aromatic heterocycles. The highest BCUT2D eigenvalue weighted by molar-refractivity contribution is 7.90. The second-order valence-corrected chi connectivity index (χ2v) is 11.3. The number of amides is 5. The molecule has 4 rings (SSSR count). The van der Waals surface area contributed by atoms with Crippen molar-refractivity contribution in [3.05, 3.63) is 59.2 Å². The van der Waals surface area contributed by atoms with Gasteiger partial charge in [0.1, 0.15) is 11.8 Å². The summed E-state index contributed by atoms with van der Waals surface area (Å²) >= 11 is 0. The minimum Gasteiger partial charge on any atom is -0.534 e. The molecule has 9 N–H and O–H groups in total. The Morgan fingerprint density at radius 3 is 2.52 bits per heavy atom. The zero-order valence-corrected chi connectivity index (χ0v) is 24.0. The first-order chi connectivity index (χ1) is 20.8. The SMILES string of the molecule is NCCCN1CCN(C(=O)NC(C(=O)N[C@H]2Cc3cccc(C(=O)O)c3OB2O)c2cccc(NS(N)(=O)=O)c2)C(=O)C1=O. The molecular formula is C25H30BN7O10S. The van der Waals surface area contributed by atoms with Crippen LogP contribution in [0.2, 0.25) is 0 Å². The molecule has 0 radical (unpaired) electrons. The average Bonchev–Trinajstić information content (AvgIpc) is 2.95. The number of nitrogens with zero attached hydrogens (tertiary/aromatic N) is 2. The fraction of sp³-hybridized carbons (Fsp3) is 0.320. The molecule has 0 bridgehead atoms. The van der Waals surface area contributed by atoms with Gasteiger partial charge in [-0.1, -0.05) is 24.3 Å². The number of piperazine rings is 1. The van der Waals surface area contributed by atoms with Crippen molar-refractivity contribution in [1.29, 1.82) is 0 Å². The van der Waals surface area contributed by atoms with E-state index in [2.05, 4.69) is 15.4 Å². The molecule has 44 heavy (non-hydrogen) atoms. The van der Waals surface area contributed by atoms with E-state index in [9.17, 15) is 42.5 Å². The van der Waals surface area contributed by atoms with E-state index in [4.69, 9.17) is 15.5 Å². The largest absolute Gasteiger partial charge is 0.547 e.